The Morgan fingerprint density at radius 1 is 1.17 bits per heavy atom. The highest BCUT2D eigenvalue weighted by atomic mass is 32.1. The number of anilines is 2. The summed E-state index contributed by atoms with van der Waals surface area (Å²) < 4.78 is 3.46. The van der Waals surface area contributed by atoms with Crippen molar-refractivity contribution >= 4 is 28.0 Å². The Hall–Kier alpha value is -3.60. The first-order chi connectivity index (χ1) is 14.4. The first-order valence-electron chi connectivity index (χ1n) is 9.30. The fourth-order valence-electron chi connectivity index (χ4n) is 3.25. The van der Waals surface area contributed by atoms with E-state index in [9.17, 15) is 10.1 Å². The molecule has 4 aromatic rings. The molecule has 0 radical (unpaired) electrons. The van der Waals surface area contributed by atoms with Crippen molar-refractivity contribution in [2.75, 3.05) is 5.32 Å². The van der Waals surface area contributed by atoms with E-state index in [0.717, 1.165) is 5.56 Å². The fourth-order valence-corrected chi connectivity index (χ4v) is 4.04. The zero-order chi connectivity index (χ0) is 21.3. The molecule has 0 aliphatic heterocycles. The van der Waals surface area contributed by atoms with Crippen LogP contribution in [-0.4, -0.2) is 34.7 Å². The van der Waals surface area contributed by atoms with Crippen LogP contribution < -0.4 is 5.32 Å². The zero-order valence-corrected chi connectivity index (χ0v) is 17.5. The number of rotatable bonds is 7. The molecule has 4 rings (SSSR count). The van der Waals surface area contributed by atoms with Crippen LogP contribution in [0.1, 0.15) is 34.9 Å². The Bertz CT molecular complexity index is 1180. The molecule has 0 saturated carbocycles. The van der Waals surface area contributed by atoms with Crippen LogP contribution in [0.3, 0.4) is 0 Å². The van der Waals surface area contributed by atoms with Gasteiger partial charge in [-0.05, 0) is 26.3 Å². The van der Waals surface area contributed by atoms with Crippen molar-refractivity contribution < 1.29 is 4.92 Å². The number of nitrogens with one attached hydrogen (secondary N) is 1. The molecule has 10 nitrogen and oxygen atoms in total. The Morgan fingerprint density at radius 2 is 1.93 bits per heavy atom. The normalized spacial score (nSPS) is 12.1. The van der Waals surface area contributed by atoms with E-state index in [1.54, 1.807) is 18.5 Å². The van der Waals surface area contributed by atoms with Crippen LogP contribution in [0.5, 0.6) is 0 Å². The molecule has 0 aliphatic rings. The van der Waals surface area contributed by atoms with Crippen LogP contribution in [0.25, 0.3) is 0 Å². The average molecular weight is 424 g/mol. The molecule has 0 unspecified atom stereocenters. The molecule has 11 heteroatoms. The van der Waals surface area contributed by atoms with Gasteiger partial charge in [0.05, 0.1) is 11.5 Å². The fraction of sp³-hybridized carbons (Fsp3) is 0.263. The SMILES string of the molecule is Cc1nn([C@H](C)c2nnc(Nc3ccn(Cc4ccccc4)n3)s2)c(C)c1[N+](=O)[O-]. The van der Waals surface area contributed by atoms with E-state index >= 15 is 0 Å². The number of hydrogen-bond donors (Lipinski definition) is 1. The van der Waals surface area contributed by atoms with Crippen molar-refractivity contribution in [3.63, 3.8) is 0 Å². The molecule has 0 saturated heterocycles. The van der Waals surface area contributed by atoms with Crippen molar-refractivity contribution in [2.24, 2.45) is 0 Å². The van der Waals surface area contributed by atoms with Crippen LogP contribution >= 0.6 is 11.3 Å². The molecule has 0 spiro atoms. The van der Waals surface area contributed by atoms with Crippen LogP contribution in [0.15, 0.2) is 42.6 Å². The summed E-state index contributed by atoms with van der Waals surface area (Å²) in [6.07, 6.45) is 1.90. The quantitative estimate of drug-likeness (QED) is 0.354. The number of aromatic nitrogens is 6. The summed E-state index contributed by atoms with van der Waals surface area (Å²) in [6, 6.07) is 11.7. The maximum Gasteiger partial charge on any atom is 0.312 e. The summed E-state index contributed by atoms with van der Waals surface area (Å²) in [5.41, 5.74) is 2.08. The second-order valence-corrected chi connectivity index (χ2v) is 7.86. The van der Waals surface area contributed by atoms with Gasteiger partial charge in [0.15, 0.2) is 5.82 Å². The van der Waals surface area contributed by atoms with E-state index in [2.05, 4.69) is 37.8 Å². The van der Waals surface area contributed by atoms with Crippen molar-refractivity contribution in [1.29, 1.82) is 0 Å². The van der Waals surface area contributed by atoms with Crippen molar-refractivity contribution in [3.8, 4) is 0 Å². The molecule has 0 aliphatic carbocycles. The van der Waals surface area contributed by atoms with Crippen molar-refractivity contribution in [1.82, 2.24) is 29.8 Å². The average Bonchev–Trinajstić information content (AvgIpc) is 3.42. The van der Waals surface area contributed by atoms with Gasteiger partial charge in [0, 0.05) is 12.3 Å². The molecule has 1 aromatic carbocycles. The minimum Gasteiger partial charge on any atom is -0.313 e. The molecule has 3 heterocycles. The van der Waals surface area contributed by atoms with Gasteiger partial charge in [-0.3, -0.25) is 19.5 Å². The molecule has 30 heavy (non-hydrogen) atoms. The van der Waals surface area contributed by atoms with Gasteiger partial charge in [-0.25, -0.2) is 0 Å². The third-order valence-electron chi connectivity index (χ3n) is 4.70. The Balaban J connectivity index is 1.47. The third kappa shape index (κ3) is 3.92. The smallest absolute Gasteiger partial charge is 0.312 e. The Kier molecular flexibility index (Phi) is 5.27. The van der Waals surface area contributed by atoms with E-state index in [1.165, 1.54) is 11.3 Å². The lowest BCUT2D eigenvalue weighted by molar-refractivity contribution is -0.386. The number of benzene rings is 1. The second-order valence-electron chi connectivity index (χ2n) is 6.85. The molecular formula is C19H20N8O2S. The second kappa shape index (κ2) is 8.03. The summed E-state index contributed by atoms with van der Waals surface area (Å²) in [6.45, 7) is 5.89. The largest absolute Gasteiger partial charge is 0.313 e. The minimum atomic E-state index is -0.403. The lowest BCUT2D eigenvalue weighted by Gasteiger charge is -2.09. The predicted molar refractivity (Wildman–Crippen MR) is 113 cm³/mol. The molecule has 0 bridgehead atoms. The van der Waals surface area contributed by atoms with Gasteiger partial charge in [-0.15, -0.1) is 10.2 Å². The topological polar surface area (TPSA) is 117 Å². The summed E-state index contributed by atoms with van der Waals surface area (Å²) in [7, 11) is 0. The highest BCUT2D eigenvalue weighted by Gasteiger charge is 2.26. The molecule has 154 valence electrons. The summed E-state index contributed by atoms with van der Waals surface area (Å²) >= 11 is 1.36. The summed E-state index contributed by atoms with van der Waals surface area (Å²) in [5, 5.41) is 32.9. The maximum absolute atomic E-state index is 11.2. The monoisotopic (exact) mass is 424 g/mol. The lowest BCUT2D eigenvalue weighted by atomic mass is 10.2. The van der Waals surface area contributed by atoms with Gasteiger partial charge in [-0.2, -0.15) is 10.2 Å². The van der Waals surface area contributed by atoms with E-state index < -0.39 is 4.92 Å². The highest BCUT2D eigenvalue weighted by Crippen LogP contribution is 2.30. The molecule has 1 atom stereocenters. The summed E-state index contributed by atoms with van der Waals surface area (Å²) in [5.74, 6) is 0.669. The van der Waals surface area contributed by atoms with E-state index in [-0.39, 0.29) is 11.7 Å². The van der Waals surface area contributed by atoms with Crippen molar-refractivity contribution in [2.45, 2.75) is 33.4 Å². The number of nitrogens with zero attached hydrogens (tertiary/aromatic N) is 7. The van der Waals surface area contributed by atoms with E-state index in [0.29, 0.717) is 33.9 Å². The van der Waals surface area contributed by atoms with Crippen LogP contribution in [-0.2, 0) is 6.54 Å². The van der Waals surface area contributed by atoms with E-state index in [4.69, 9.17) is 0 Å². The first-order valence-corrected chi connectivity index (χ1v) is 10.1. The number of hydrogen-bond acceptors (Lipinski definition) is 8. The highest BCUT2D eigenvalue weighted by molar-refractivity contribution is 7.15. The van der Waals surface area contributed by atoms with E-state index in [1.807, 2.05) is 42.1 Å². The third-order valence-corrected chi connectivity index (χ3v) is 5.71. The molecular weight excluding hydrogens is 404 g/mol. The zero-order valence-electron chi connectivity index (χ0n) is 16.7. The minimum absolute atomic E-state index is 0.0358. The summed E-state index contributed by atoms with van der Waals surface area (Å²) in [4.78, 5) is 10.8. The van der Waals surface area contributed by atoms with Gasteiger partial charge >= 0.3 is 5.69 Å². The van der Waals surface area contributed by atoms with Gasteiger partial charge in [0.25, 0.3) is 0 Å². The molecule has 1 N–H and O–H groups in total. The molecule has 0 amide bonds. The van der Waals surface area contributed by atoms with Crippen LogP contribution in [0.2, 0.25) is 0 Å². The van der Waals surface area contributed by atoms with Crippen LogP contribution in [0.4, 0.5) is 16.6 Å². The molecule has 0 fully saturated rings. The maximum atomic E-state index is 11.2. The standard InChI is InChI=1S/C19H20N8O2S/c1-12-17(27(28)29)13(2)26(23-12)14(3)18-21-22-19(30-18)20-16-9-10-25(24-16)11-15-7-5-4-6-8-15/h4-10,14H,11H2,1-3H3,(H,20,22,24)/t14-/m1/s1. The first kappa shape index (κ1) is 19.7. The lowest BCUT2D eigenvalue weighted by Crippen LogP contribution is -2.10. The van der Waals surface area contributed by atoms with Gasteiger partial charge in [0.1, 0.15) is 22.4 Å². The molecule has 3 aromatic heterocycles. The Labute approximate surface area is 176 Å². The number of nitro groups is 1. The number of aryl methyl sites for hydroxylation is 1. The predicted octanol–water partition coefficient (Wildman–Crippen LogP) is 3.86. The Morgan fingerprint density at radius 3 is 2.63 bits per heavy atom. The van der Waals surface area contributed by atoms with Gasteiger partial charge in [0.2, 0.25) is 5.13 Å². The van der Waals surface area contributed by atoms with Crippen molar-refractivity contribution in [3.05, 3.63) is 74.7 Å². The van der Waals surface area contributed by atoms with Crippen LogP contribution in [0, 0.1) is 24.0 Å². The van der Waals surface area contributed by atoms with Gasteiger partial charge in [-0.1, -0.05) is 41.7 Å². The van der Waals surface area contributed by atoms with Gasteiger partial charge < -0.3 is 5.32 Å².